The molecular formula is C31H30N4. The Morgan fingerprint density at radius 1 is 1.00 bits per heavy atom. The minimum absolute atomic E-state index is 0.572. The van der Waals surface area contributed by atoms with Gasteiger partial charge in [-0.25, -0.2) is 4.98 Å². The monoisotopic (exact) mass is 458 g/mol. The molecule has 2 aromatic carbocycles. The molecule has 174 valence electrons. The van der Waals surface area contributed by atoms with E-state index >= 15 is 0 Å². The number of hydrogen-bond acceptors (Lipinski definition) is 4. The lowest BCUT2D eigenvalue weighted by atomic mass is 9.97. The number of anilines is 1. The Morgan fingerprint density at radius 2 is 1.89 bits per heavy atom. The lowest BCUT2D eigenvalue weighted by Gasteiger charge is -2.14. The van der Waals surface area contributed by atoms with E-state index in [1.165, 1.54) is 22.3 Å². The molecule has 0 saturated carbocycles. The Kier molecular flexibility index (Phi) is 7.70. The summed E-state index contributed by atoms with van der Waals surface area (Å²) in [5.74, 6) is 0.871. The Balaban J connectivity index is 1.53. The average Bonchev–Trinajstić information content (AvgIpc) is 2.88. The third-order valence-electron chi connectivity index (χ3n) is 6.11. The van der Waals surface area contributed by atoms with Gasteiger partial charge in [0, 0.05) is 24.3 Å². The summed E-state index contributed by atoms with van der Waals surface area (Å²) in [6.07, 6.45) is 14.4. The molecule has 2 aromatic heterocycles. The first-order valence-corrected chi connectivity index (χ1v) is 12.0. The summed E-state index contributed by atoms with van der Waals surface area (Å²) >= 11 is 0. The van der Waals surface area contributed by atoms with Gasteiger partial charge >= 0.3 is 0 Å². The Morgan fingerprint density at radius 3 is 2.71 bits per heavy atom. The fourth-order valence-electron chi connectivity index (χ4n) is 4.04. The highest BCUT2D eigenvalue weighted by Crippen LogP contribution is 2.29. The number of hydrogen-bond donors (Lipinski definition) is 1. The van der Waals surface area contributed by atoms with Gasteiger partial charge in [-0.05, 0) is 77.9 Å². The summed E-state index contributed by atoms with van der Waals surface area (Å²) in [7, 11) is 0. The number of pyridine rings is 2. The van der Waals surface area contributed by atoms with Crippen molar-refractivity contribution in [1.29, 1.82) is 5.26 Å². The molecule has 4 aromatic rings. The van der Waals surface area contributed by atoms with E-state index in [4.69, 9.17) is 5.26 Å². The molecule has 0 amide bonds. The molecule has 1 N–H and O–H groups in total. The van der Waals surface area contributed by atoms with Crippen LogP contribution in [0.1, 0.15) is 47.6 Å². The van der Waals surface area contributed by atoms with Crippen LogP contribution in [0.2, 0.25) is 0 Å². The molecule has 0 aliphatic carbocycles. The number of aromatic nitrogens is 2. The van der Waals surface area contributed by atoms with Gasteiger partial charge in [-0.1, -0.05) is 61.9 Å². The SMILES string of the molecule is CCC/C=C/C=C\c1cc(-c2ccnc(NCc3ccc4cc(C#N)cnc4c3)c2C)ccc1C. The third kappa shape index (κ3) is 5.83. The predicted molar refractivity (Wildman–Crippen MR) is 146 cm³/mol. The molecule has 0 atom stereocenters. The Bertz CT molecular complexity index is 1440. The van der Waals surface area contributed by atoms with Crippen LogP contribution in [-0.2, 0) is 6.54 Å². The molecule has 35 heavy (non-hydrogen) atoms. The summed E-state index contributed by atoms with van der Waals surface area (Å²) in [5.41, 5.74) is 8.51. The number of nitrogens with zero attached hydrogens (tertiary/aromatic N) is 3. The van der Waals surface area contributed by atoms with E-state index in [-0.39, 0.29) is 0 Å². The van der Waals surface area contributed by atoms with Crippen molar-refractivity contribution in [2.75, 3.05) is 5.32 Å². The largest absolute Gasteiger partial charge is 0.366 e. The zero-order valence-electron chi connectivity index (χ0n) is 20.5. The topological polar surface area (TPSA) is 61.6 Å². The fourth-order valence-corrected chi connectivity index (χ4v) is 4.04. The van der Waals surface area contributed by atoms with Crippen molar-refractivity contribution in [2.24, 2.45) is 0 Å². The van der Waals surface area contributed by atoms with Crippen LogP contribution in [0.25, 0.3) is 28.1 Å². The molecule has 0 aliphatic rings. The van der Waals surface area contributed by atoms with E-state index in [2.05, 4.69) is 103 Å². The van der Waals surface area contributed by atoms with Gasteiger partial charge in [-0.3, -0.25) is 4.98 Å². The molecule has 0 spiro atoms. The highest BCUT2D eigenvalue weighted by atomic mass is 15.0. The maximum absolute atomic E-state index is 9.07. The van der Waals surface area contributed by atoms with Crippen LogP contribution in [0.5, 0.6) is 0 Å². The Hall–Kier alpha value is -4.23. The van der Waals surface area contributed by atoms with E-state index in [0.717, 1.165) is 40.7 Å². The summed E-state index contributed by atoms with van der Waals surface area (Å²) < 4.78 is 0. The molecule has 0 fully saturated rings. The second-order valence-corrected chi connectivity index (χ2v) is 8.70. The minimum atomic E-state index is 0.572. The van der Waals surface area contributed by atoms with Crippen molar-refractivity contribution in [1.82, 2.24) is 9.97 Å². The van der Waals surface area contributed by atoms with Crippen molar-refractivity contribution < 1.29 is 0 Å². The number of benzene rings is 2. The van der Waals surface area contributed by atoms with Gasteiger partial charge in [0.2, 0.25) is 0 Å². The van der Waals surface area contributed by atoms with E-state index in [1.54, 1.807) is 6.20 Å². The predicted octanol–water partition coefficient (Wildman–Crippen LogP) is 7.77. The fraction of sp³-hybridized carbons (Fsp3) is 0.194. The van der Waals surface area contributed by atoms with Crippen LogP contribution in [0, 0.1) is 25.2 Å². The highest BCUT2D eigenvalue weighted by Gasteiger charge is 2.09. The second-order valence-electron chi connectivity index (χ2n) is 8.70. The number of rotatable bonds is 8. The quantitative estimate of drug-likeness (QED) is 0.274. The first-order valence-electron chi connectivity index (χ1n) is 12.0. The number of unbranched alkanes of at least 4 members (excludes halogenated alkanes) is 1. The average molecular weight is 459 g/mol. The molecule has 0 radical (unpaired) electrons. The zero-order chi connectivity index (χ0) is 24.6. The molecule has 0 unspecified atom stereocenters. The van der Waals surface area contributed by atoms with E-state index in [9.17, 15) is 0 Å². The lowest BCUT2D eigenvalue weighted by Crippen LogP contribution is -2.04. The van der Waals surface area contributed by atoms with Crippen LogP contribution in [0.3, 0.4) is 0 Å². The second kappa shape index (κ2) is 11.3. The molecule has 4 rings (SSSR count). The van der Waals surface area contributed by atoms with Gasteiger partial charge in [0.15, 0.2) is 0 Å². The molecule has 4 nitrogen and oxygen atoms in total. The van der Waals surface area contributed by atoms with Gasteiger partial charge in [0.1, 0.15) is 11.9 Å². The summed E-state index contributed by atoms with van der Waals surface area (Å²) in [4.78, 5) is 9.01. The Labute approximate surface area is 207 Å². The van der Waals surface area contributed by atoms with Crippen molar-refractivity contribution in [3.05, 3.63) is 107 Å². The third-order valence-corrected chi connectivity index (χ3v) is 6.11. The number of fused-ring (bicyclic) bond motifs is 1. The first-order chi connectivity index (χ1) is 17.1. The summed E-state index contributed by atoms with van der Waals surface area (Å²) in [6, 6.07) is 18.8. The van der Waals surface area contributed by atoms with Gasteiger partial charge in [-0.15, -0.1) is 0 Å². The van der Waals surface area contributed by atoms with Gasteiger partial charge in [-0.2, -0.15) is 5.26 Å². The molecule has 0 aliphatic heterocycles. The smallest absolute Gasteiger partial charge is 0.129 e. The maximum atomic E-state index is 9.07. The molecular weight excluding hydrogens is 428 g/mol. The molecule has 4 heteroatoms. The van der Waals surface area contributed by atoms with E-state index < -0.39 is 0 Å². The highest BCUT2D eigenvalue weighted by molar-refractivity contribution is 5.80. The molecule has 0 bridgehead atoms. The minimum Gasteiger partial charge on any atom is -0.366 e. The van der Waals surface area contributed by atoms with Crippen LogP contribution in [0.4, 0.5) is 5.82 Å². The van der Waals surface area contributed by atoms with Gasteiger partial charge < -0.3 is 5.32 Å². The first kappa shape index (κ1) is 23.9. The summed E-state index contributed by atoms with van der Waals surface area (Å²) in [5, 5.41) is 13.5. The van der Waals surface area contributed by atoms with Gasteiger partial charge in [0.25, 0.3) is 0 Å². The lowest BCUT2D eigenvalue weighted by molar-refractivity contribution is 0.959. The zero-order valence-corrected chi connectivity index (χ0v) is 20.5. The van der Waals surface area contributed by atoms with E-state index in [0.29, 0.717) is 12.1 Å². The number of nitrogens with one attached hydrogen (secondary N) is 1. The van der Waals surface area contributed by atoms with Crippen molar-refractivity contribution in [2.45, 2.75) is 40.2 Å². The van der Waals surface area contributed by atoms with Crippen LogP contribution in [0.15, 0.2) is 79.2 Å². The van der Waals surface area contributed by atoms with Crippen LogP contribution >= 0.6 is 0 Å². The van der Waals surface area contributed by atoms with Crippen molar-refractivity contribution >= 4 is 22.8 Å². The number of nitriles is 1. The number of allylic oxidation sites excluding steroid dienone is 3. The van der Waals surface area contributed by atoms with Crippen molar-refractivity contribution in [3.63, 3.8) is 0 Å². The van der Waals surface area contributed by atoms with Crippen LogP contribution < -0.4 is 5.32 Å². The van der Waals surface area contributed by atoms with Crippen molar-refractivity contribution in [3.8, 4) is 17.2 Å². The number of aryl methyl sites for hydroxylation is 1. The van der Waals surface area contributed by atoms with E-state index in [1.807, 2.05) is 18.3 Å². The summed E-state index contributed by atoms with van der Waals surface area (Å²) in [6.45, 7) is 7.08. The standard InChI is InChI=1S/C31H30N4/c1-4-5-6-7-8-9-26-18-27(12-10-22(26)2)29-14-15-33-31(23(29)3)35-20-24-11-13-28-16-25(19-32)21-34-30(28)17-24/h6-18,21H,4-5,20H2,1-3H3,(H,33,35)/b7-6+,9-8-. The maximum Gasteiger partial charge on any atom is 0.129 e. The molecule has 0 saturated heterocycles. The molecule has 2 heterocycles. The van der Waals surface area contributed by atoms with Gasteiger partial charge in [0.05, 0.1) is 11.1 Å². The normalized spacial score (nSPS) is 11.4. The van der Waals surface area contributed by atoms with Crippen LogP contribution in [-0.4, -0.2) is 9.97 Å².